The average molecular weight is 340 g/mol. The van der Waals surface area contributed by atoms with Crippen LogP contribution in [-0.4, -0.2) is 6.54 Å². The Morgan fingerprint density at radius 1 is 1.10 bits per heavy atom. The van der Waals surface area contributed by atoms with Gasteiger partial charge in [-0.2, -0.15) is 0 Å². The molecule has 0 aliphatic rings. The maximum atomic E-state index is 6.20. The van der Waals surface area contributed by atoms with Crippen molar-refractivity contribution in [3.05, 3.63) is 63.6 Å². The predicted molar refractivity (Wildman–Crippen MR) is 94.5 cm³/mol. The fraction of sp³-hybridized carbons (Fsp3) is 0.294. The van der Waals surface area contributed by atoms with Gasteiger partial charge in [0.05, 0.1) is 0 Å². The van der Waals surface area contributed by atoms with Crippen molar-refractivity contribution in [3.63, 3.8) is 0 Å². The first-order chi connectivity index (χ1) is 10.2. The molecule has 0 amide bonds. The van der Waals surface area contributed by atoms with Gasteiger partial charge in [-0.3, -0.25) is 0 Å². The van der Waals surface area contributed by atoms with Crippen LogP contribution < -0.4 is 5.32 Å². The molecule has 0 aromatic heterocycles. The first-order valence-corrected chi connectivity index (χ1v) is 8.79. The van der Waals surface area contributed by atoms with Crippen LogP contribution in [0.5, 0.6) is 0 Å². The molecule has 21 heavy (non-hydrogen) atoms. The van der Waals surface area contributed by atoms with Crippen molar-refractivity contribution in [1.82, 2.24) is 5.32 Å². The third-order valence-electron chi connectivity index (χ3n) is 3.06. The second kappa shape index (κ2) is 8.70. The summed E-state index contributed by atoms with van der Waals surface area (Å²) in [5, 5.41) is 4.92. The number of benzene rings is 2. The molecule has 0 aliphatic carbocycles. The van der Waals surface area contributed by atoms with Gasteiger partial charge in [0.25, 0.3) is 0 Å². The standard InChI is InChI=1S/C17H19Cl2NS/c1-2-8-20-11-13-4-3-5-16(9-13)21-12-14-10-15(18)6-7-17(14)19/h3-7,9-10,20H,2,8,11-12H2,1H3. The highest BCUT2D eigenvalue weighted by Gasteiger charge is 2.03. The zero-order valence-corrected chi connectivity index (χ0v) is 14.4. The molecule has 4 heteroatoms. The van der Waals surface area contributed by atoms with E-state index in [1.807, 2.05) is 18.2 Å². The Kier molecular flexibility index (Phi) is 6.91. The van der Waals surface area contributed by atoms with Crippen LogP contribution in [0.1, 0.15) is 24.5 Å². The van der Waals surface area contributed by atoms with Crippen molar-refractivity contribution in [1.29, 1.82) is 0 Å². The lowest BCUT2D eigenvalue weighted by Crippen LogP contribution is -2.13. The average Bonchev–Trinajstić information content (AvgIpc) is 2.49. The van der Waals surface area contributed by atoms with Crippen LogP contribution in [0.4, 0.5) is 0 Å². The summed E-state index contributed by atoms with van der Waals surface area (Å²) in [4.78, 5) is 1.25. The molecule has 0 aliphatic heterocycles. The zero-order valence-electron chi connectivity index (χ0n) is 12.0. The van der Waals surface area contributed by atoms with Crippen molar-refractivity contribution in [2.45, 2.75) is 30.5 Å². The summed E-state index contributed by atoms with van der Waals surface area (Å²) < 4.78 is 0. The number of hydrogen-bond acceptors (Lipinski definition) is 2. The summed E-state index contributed by atoms with van der Waals surface area (Å²) >= 11 is 14.0. The highest BCUT2D eigenvalue weighted by atomic mass is 35.5. The minimum Gasteiger partial charge on any atom is -0.313 e. The molecule has 0 saturated carbocycles. The molecule has 0 atom stereocenters. The molecule has 1 N–H and O–H groups in total. The summed E-state index contributed by atoms with van der Waals surface area (Å²) in [6.45, 7) is 4.14. The zero-order chi connectivity index (χ0) is 15.1. The fourth-order valence-electron chi connectivity index (χ4n) is 1.97. The highest BCUT2D eigenvalue weighted by molar-refractivity contribution is 7.98. The van der Waals surface area contributed by atoms with E-state index in [4.69, 9.17) is 23.2 Å². The van der Waals surface area contributed by atoms with Crippen LogP contribution in [0.25, 0.3) is 0 Å². The van der Waals surface area contributed by atoms with Gasteiger partial charge < -0.3 is 5.32 Å². The van der Waals surface area contributed by atoms with E-state index in [0.29, 0.717) is 0 Å². The van der Waals surface area contributed by atoms with Gasteiger partial charge in [-0.05, 0) is 54.4 Å². The van der Waals surface area contributed by atoms with Gasteiger partial charge in [-0.15, -0.1) is 11.8 Å². The van der Waals surface area contributed by atoms with Gasteiger partial charge in [0.2, 0.25) is 0 Å². The second-order valence-electron chi connectivity index (χ2n) is 4.85. The van der Waals surface area contributed by atoms with Crippen LogP contribution in [0.15, 0.2) is 47.4 Å². The van der Waals surface area contributed by atoms with E-state index < -0.39 is 0 Å². The molecule has 2 aromatic carbocycles. The maximum Gasteiger partial charge on any atom is 0.0447 e. The number of thioether (sulfide) groups is 1. The van der Waals surface area contributed by atoms with Crippen molar-refractivity contribution < 1.29 is 0 Å². The second-order valence-corrected chi connectivity index (χ2v) is 6.74. The molecule has 0 fully saturated rings. The first-order valence-electron chi connectivity index (χ1n) is 7.05. The fourth-order valence-corrected chi connectivity index (χ4v) is 3.40. The number of hydrogen-bond donors (Lipinski definition) is 1. The van der Waals surface area contributed by atoms with Crippen molar-refractivity contribution in [2.75, 3.05) is 6.54 Å². The SMILES string of the molecule is CCCNCc1cccc(SCc2cc(Cl)ccc2Cl)c1. The molecule has 0 unspecified atom stereocenters. The Morgan fingerprint density at radius 2 is 1.95 bits per heavy atom. The smallest absolute Gasteiger partial charge is 0.0447 e. The van der Waals surface area contributed by atoms with Crippen LogP contribution >= 0.6 is 35.0 Å². The molecule has 0 heterocycles. The normalized spacial score (nSPS) is 10.8. The Balaban J connectivity index is 1.96. The van der Waals surface area contributed by atoms with E-state index in [1.165, 1.54) is 10.5 Å². The van der Waals surface area contributed by atoms with Crippen molar-refractivity contribution in [3.8, 4) is 0 Å². The van der Waals surface area contributed by atoms with Crippen LogP contribution in [0, 0.1) is 0 Å². The van der Waals surface area contributed by atoms with E-state index in [1.54, 1.807) is 11.8 Å². The molecule has 2 rings (SSSR count). The third-order valence-corrected chi connectivity index (χ3v) is 4.70. The van der Waals surface area contributed by atoms with E-state index in [-0.39, 0.29) is 0 Å². The Morgan fingerprint density at radius 3 is 2.76 bits per heavy atom. The predicted octanol–water partition coefficient (Wildman–Crippen LogP) is 5.79. The number of rotatable bonds is 7. The summed E-state index contributed by atoms with van der Waals surface area (Å²) in [7, 11) is 0. The maximum absolute atomic E-state index is 6.20. The van der Waals surface area contributed by atoms with E-state index in [9.17, 15) is 0 Å². The lowest BCUT2D eigenvalue weighted by molar-refractivity contribution is 0.674. The van der Waals surface area contributed by atoms with Crippen LogP contribution in [-0.2, 0) is 12.3 Å². The first kappa shape index (κ1) is 16.7. The minimum atomic E-state index is 0.729. The van der Waals surface area contributed by atoms with Crippen LogP contribution in [0.3, 0.4) is 0 Å². The summed E-state index contributed by atoms with van der Waals surface area (Å²) in [6.07, 6.45) is 1.15. The summed E-state index contributed by atoms with van der Waals surface area (Å²) in [5.41, 5.74) is 2.38. The van der Waals surface area contributed by atoms with Crippen LogP contribution in [0.2, 0.25) is 10.0 Å². The van der Waals surface area contributed by atoms with E-state index in [2.05, 4.69) is 36.5 Å². The number of nitrogens with one attached hydrogen (secondary N) is 1. The quantitative estimate of drug-likeness (QED) is 0.506. The lowest BCUT2D eigenvalue weighted by Gasteiger charge is -2.08. The largest absolute Gasteiger partial charge is 0.313 e. The Hall–Kier alpha value is -0.670. The van der Waals surface area contributed by atoms with Gasteiger partial charge in [0.15, 0.2) is 0 Å². The lowest BCUT2D eigenvalue weighted by atomic mass is 10.2. The molecular weight excluding hydrogens is 321 g/mol. The third kappa shape index (κ3) is 5.55. The molecule has 0 bridgehead atoms. The highest BCUT2D eigenvalue weighted by Crippen LogP contribution is 2.29. The van der Waals surface area contributed by atoms with Gasteiger partial charge in [-0.25, -0.2) is 0 Å². The van der Waals surface area contributed by atoms with Crippen molar-refractivity contribution in [2.24, 2.45) is 0 Å². The summed E-state index contributed by atoms with van der Waals surface area (Å²) in [5.74, 6) is 0.825. The Bertz CT molecular complexity index is 587. The Labute approximate surface area is 141 Å². The van der Waals surface area contributed by atoms with Gasteiger partial charge in [-0.1, -0.05) is 42.3 Å². The molecular formula is C17H19Cl2NS. The topological polar surface area (TPSA) is 12.0 Å². The molecule has 112 valence electrons. The molecule has 1 nitrogen and oxygen atoms in total. The van der Waals surface area contributed by atoms with Gasteiger partial charge >= 0.3 is 0 Å². The molecule has 0 spiro atoms. The minimum absolute atomic E-state index is 0.729. The van der Waals surface area contributed by atoms with Gasteiger partial charge in [0, 0.05) is 27.2 Å². The molecule has 0 radical (unpaired) electrons. The van der Waals surface area contributed by atoms with E-state index >= 15 is 0 Å². The van der Waals surface area contributed by atoms with Gasteiger partial charge in [0.1, 0.15) is 0 Å². The van der Waals surface area contributed by atoms with E-state index in [0.717, 1.165) is 40.9 Å². The summed E-state index contributed by atoms with van der Waals surface area (Å²) in [6, 6.07) is 14.2. The monoisotopic (exact) mass is 339 g/mol. The molecule has 0 saturated heterocycles. The number of halogens is 2. The molecule has 2 aromatic rings. The van der Waals surface area contributed by atoms with Crippen molar-refractivity contribution >= 4 is 35.0 Å².